The summed E-state index contributed by atoms with van der Waals surface area (Å²) in [7, 11) is 0. The molecule has 2 heteroatoms. The van der Waals surface area contributed by atoms with Gasteiger partial charge in [-0.25, -0.2) is 0 Å². The topological polar surface area (TPSA) is 40.5 Å². The van der Waals surface area contributed by atoms with Crippen LogP contribution in [-0.2, 0) is 0 Å². The number of aliphatic hydroxyl groups excluding tert-OH is 1. The molecular formula is C15H26O2. The fraction of sp³-hybridized carbons (Fsp3) is 0.600. The highest BCUT2D eigenvalue weighted by molar-refractivity contribution is 5.12. The van der Waals surface area contributed by atoms with Crippen molar-refractivity contribution in [2.24, 2.45) is 0 Å². The fourth-order valence-corrected chi connectivity index (χ4v) is 1.43. The summed E-state index contributed by atoms with van der Waals surface area (Å²) in [5, 5.41) is 19.3. The van der Waals surface area contributed by atoms with Gasteiger partial charge in [0.1, 0.15) is 0 Å². The SMILES string of the molecule is C=CC(=C)CC/C=C(\C)CC[C@H](O)C(C)(C)O. The van der Waals surface area contributed by atoms with E-state index in [9.17, 15) is 10.2 Å². The van der Waals surface area contributed by atoms with Crippen molar-refractivity contribution in [1.82, 2.24) is 0 Å². The van der Waals surface area contributed by atoms with E-state index in [1.165, 1.54) is 5.57 Å². The Balaban J connectivity index is 3.93. The molecule has 0 heterocycles. The third-order valence-electron chi connectivity index (χ3n) is 2.87. The summed E-state index contributed by atoms with van der Waals surface area (Å²) in [6, 6.07) is 0. The summed E-state index contributed by atoms with van der Waals surface area (Å²) >= 11 is 0. The molecule has 17 heavy (non-hydrogen) atoms. The van der Waals surface area contributed by atoms with Crippen LogP contribution in [0, 0.1) is 0 Å². The highest BCUT2D eigenvalue weighted by Crippen LogP contribution is 2.17. The van der Waals surface area contributed by atoms with Gasteiger partial charge in [-0.1, -0.05) is 36.5 Å². The monoisotopic (exact) mass is 238 g/mol. The predicted octanol–water partition coefficient (Wildman–Crippen LogP) is 3.37. The zero-order valence-corrected chi connectivity index (χ0v) is 11.4. The van der Waals surface area contributed by atoms with Gasteiger partial charge in [-0.05, 0) is 46.5 Å². The first-order valence-electron chi connectivity index (χ1n) is 6.13. The third-order valence-corrected chi connectivity index (χ3v) is 2.87. The Morgan fingerprint density at radius 2 is 1.94 bits per heavy atom. The Labute approximate surface area is 105 Å². The number of allylic oxidation sites excluding steroid dienone is 4. The van der Waals surface area contributed by atoms with Crippen molar-refractivity contribution in [2.45, 2.75) is 58.2 Å². The van der Waals surface area contributed by atoms with Crippen molar-refractivity contribution < 1.29 is 10.2 Å². The minimum Gasteiger partial charge on any atom is -0.390 e. The van der Waals surface area contributed by atoms with Crippen molar-refractivity contribution in [1.29, 1.82) is 0 Å². The maximum absolute atomic E-state index is 9.68. The highest BCUT2D eigenvalue weighted by atomic mass is 16.3. The molecule has 0 aromatic carbocycles. The van der Waals surface area contributed by atoms with Crippen LogP contribution >= 0.6 is 0 Å². The minimum atomic E-state index is -1.02. The summed E-state index contributed by atoms with van der Waals surface area (Å²) < 4.78 is 0. The van der Waals surface area contributed by atoms with E-state index in [0.717, 1.165) is 24.8 Å². The van der Waals surface area contributed by atoms with Gasteiger partial charge in [0, 0.05) is 0 Å². The minimum absolute atomic E-state index is 0.592. The third kappa shape index (κ3) is 7.94. The van der Waals surface area contributed by atoms with Gasteiger partial charge in [0.2, 0.25) is 0 Å². The number of hydrogen-bond acceptors (Lipinski definition) is 2. The lowest BCUT2D eigenvalue weighted by molar-refractivity contribution is -0.0509. The van der Waals surface area contributed by atoms with E-state index in [2.05, 4.69) is 19.2 Å². The van der Waals surface area contributed by atoms with E-state index in [4.69, 9.17) is 0 Å². The van der Waals surface area contributed by atoms with Crippen LogP contribution in [0.3, 0.4) is 0 Å². The first kappa shape index (κ1) is 16.1. The number of hydrogen-bond donors (Lipinski definition) is 2. The van der Waals surface area contributed by atoms with E-state index in [0.29, 0.717) is 6.42 Å². The summed E-state index contributed by atoms with van der Waals surface area (Å²) in [6.07, 6.45) is 6.55. The van der Waals surface area contributed by atoms with Gasteiger partial charge >= 0.3 is 0 Å². The molecule has 0 aliphatic rings. The normalized spacial score (nSPS) is 14.5. The average molecular weight is 238 g/mol. The number of rotatable bonds is 8. The zero-order chi connectivity index (χ0) is 13.5. The van der Waals surface area contributed by atoms with Crippen LogP contribution in [0.25, 0.3) is 0 Å². The molecule has 0 rings (SSSR count). The molecule has 1 atom stereocenters. The Morgan fingerprint density at radius 1 is 1.35 bits per heavy atom. The van der Waals surface area contributed by atoms with E-state index in [1.807, 2.05) is 6.92 Å². The molecule has 0 aromatic rings. The first-order chi connectivity index (χ1) is 7.77. The second-order valence-corrected chi connectivity index (χ2v) is 5.16. The van der Waals surface area contributed by atoms with E-state index >= 15 is 0 Å². The molecule has 0 saturated carbocycles. The standard InChI is InChI=1S/C15H26O2/c1-6-12(2)8-7-9-13(3)10-11-14(16)15(4,5)17/h6,9,14,16-17H,1-2,7-8,10-11H2,3-5H3/b13-9+/t14-/m0/s1. The van der Waals surface area contributed by atoms with Crippen LogP contribution in [0.4, 0.5) is 0 Å². The van der Waals surface area contributed by atoms with E-state index in [-0.39, 0.29) is 0 Å². The summed E-state index contributed by atoms with van der Waals surface area (Å²) in [5.41, 5.74) is 1.27. The Kier molecular flexibility index (Phi) is 7.09. The Hall–Kier alpha value is -0.860. The fourth-order valence-electron chi connectivity index (χ4n) is 1.43. The van der Waals surface area contributed by atoms with E-state index in [1.54, 1.807) is 19.9 Å². The molecule has 0 unspecified atom stereocenters. The molecule has 0 spiro atoms. The molecule has 0 bridgehead atoms. The van der Waals surface area contributed by atoms with Gasteiger partial charge in [-0.2, -0.15) is 0 Å². The molecule has 0 saturated heterocycles. The lowest BCUT2D eigenvalue weighted by atomic mass is 9.95. The molecule has 0 radical (unpaired) electrons. The zero-order valence-electron chi connectivity index (χ0n) is 11.4. The van der Waals surface area contributed by atoms with Gasteiger partial charge in [-0.15, -0.1) is 0 Å². The largest absolute Gasteiger partial charge is 0.390 e. The van der Waals surface area contributed by atoms with Gasteiger partial charge in [0.25, 0.3) is 0 Å². The second-order valence-electron chi connectivity index (χ2n) is 5.16. The summed E-state index contributed by atoms with van der Waals surface area (Å²) in [6.45, 7) is 12.8. The molecule has 98 valence electrons. The Bertz CT molecular complexity index is 282. The predicted molar refractivity (Wildman–Crippen MR) is 73.9 cm³/mol. The van der Waals surface area contributed by atoms with Crippen molar-refractivity contribution in [3.8, 4) is 0 Å². The Morgan fingerprint density at radius 3 is 2.41 bits per heavy atom. The lowest BCUT2D eigenvalue weighted by Crippen LogP contribution is -2.35. The van der Waals surface area contributed by atoms with Gasteiger partial charge in [0.05, 0.1) is 11.7 Å². The quantitative estimate of drug-likeness (QED) is 0.503. The van der Waals surface area contributed by atoms with Crippen molar-refractivity contribution in [3.05, 3.63) is 36.5 Å². The van der Waals surface area contributed by atoms with Crippen LogP contribution in [0.15, 0.2) is 36.5 Å². The van der Waals surface area contributed by atoms with Crippen molar-refractivity contribution >= 4 is 0 Å². The van der Waals surface area contributed by atoms with Gasteiger partial charge < -0.3 is 10.2 Å². The van der Waals surface area contributed by atoms with Gasteiger partial charge in [-0.3, -0.25) is 0 Å². The van der Waals surface area contributed by atoms with Crippen LogP contribution in [0.1, 0.15) is 46.5 Å². The van der Waals surface area contributed by atoms with Gasteiger partial charge in [0.15, 0.2) is 0 Å². The maximum Gasteiger partial charge on any atom is 0.0849 e. The van der Waals surface area contributed by atoms with Crippen molar-refractivity contribution in [3.63, 3.8) is 0 Å². The van der Waals surface area contributed by atoms with E-state index < -0.39 is 11.7 Å². The van der Waals surface area contributed by atoms with Crippen molar-refractivity contribution in [2.75, 3.05) is 0 Å². The highest BCUT2D eigenvalue weighted by Gasteiger charge is 2.23. The first-order valence-corrected chi connectivity index (χ1v) is 6.13. The van der Waals surface area contributed by atoms with Crippen LogP contribution in [0.5, 0.6) is 0 Å². The molecule has 2 nitrogen and oxygen atoms in total. The molecule has 0 amide bonds. The summed E-state index contributed by atoms with van der Waals surface area (Å²) in [5.74, 6) is 0. The summed E-state index contributed by atoms with van der Waals surface area (Å²) in [4.78, 5) is 0. The lowest BCUT2D eigenvalue weighted by Gasteiger charge is -2.24. The average Bonchev–Trinajstić information content (AvgIpc) is 2.24. The van der Waals surface area contributed by atoms with Crippen LogP contribution in [0.2, 0.25) is 0 Å². The van der Waals surface area contributed by atoms with Crippen LogP contribution in [-0.4, -0.2) is 21.9 Å². The second kappa shape index (κ2) is 7.46. The molecular weight excluding hydrogens is 212 g/mol. The molecule has 2 N–H and O–H groups in total. The maximum atomic E-state index is 9.68. The molecule has 0 fully saturated rings. The smallest absolute Gasteiger partial charge is 0.0849 e. The number of aliphatic hydroxyl groups is 2. The molecule has 0 aromatic heterocycles. The van der Waals surface area contributed by atoms with Crippen LogP contribution < -0.4 is 0 Å². The molecule has 0 aliphatic heterocycles. The molecule has 0 aliphatic carbocycles.